The summed E-state index contributed by atoms with van der Waals surface area (Å²) in [6.07, 6.45) is 1.30. The number of amides is 1. The number of hydrogen-bond acceptors (Lipinski definition) is 3. The highest BCUT2D eigenvalue weighted by atomic mass is 16.6. The first-order valence-electron chi connectivity index (χ1n) is 6.37. The lowest BCUT2D eigenvalue weighted by atomic mass is 10.0. The third kappa shape index (κ3) is 2.34. The number of nitrogens with zero attached hydrogens (tertiary/aromatic N) is 1. The number of ether oxygens (including phenoxy) is 2. The number of benzene rings is 1. The van der Waals surface area contributed by atoms with Crippen molar-refractivity contribution in [3.63, 3.8) is 0 Å². The van der Waals surface area contributed by atoms with Crippen LogP contribution in [0.2, 0.25) is 0 Å². The Bertz CT molecular complexity index is 434. The van der Waals surface area contributed by atoms with E-state index in [1.54, 1.807) is 4.90 Å². The number of carbonyl (C=O) groups is 1. The van der Waals surface area contributed by atoms with Crippen molar-refractivity contribution >= 4 is 6.09 Å². The van der Waals surface area contributed by atoms with Gasteiger partial charge in [-0.15, -0.1) is 0 Å². The summed E-state index contributed by atoms with van der Waals surface area (Å²) >= 11 is 0. The van der Waals surface area contributed by atoms with Gasteiger partial charge in [-0.1, -0.05) is 30.3 Å². The summed E-state index contributed by atoms with van der Waals surface area (Å²) in [7, 11) is 0. The molecule has 0 aliphatic carbocycles. The maximum Gasteiger partial charge on any atom is 0.410 e. The quantitative estimate of drug-likeness (QED) is 0.752. The molecule has 2 saturated heterocycles. The van der Waals surface area contributed by atoms with Crippen LogP contribution in [0, 0.1) is 0 Å². The summed E-state index contributed by atoms with van der Waals surface area (Å²) in [6.45, 7) is 3.04. The molecule has 1 aromatic carbocycles. The molecule has 1 aromatic rings. The lowest BCUT2D eigenvalue weighted by molar-refractivity contribution is 0.0766. The van der Waals surface area contributed by atoms with Crippen molar-refractivity contribution in [2.75, 3.05) is 6.54 Å². The Morgan fingerprint density at radius 1 is 1.39 bits per heavy atom. The maximum atomic E-state index is 12.0. The van der Waals surface area contributed by atoms with Gasteiger partial charge < -0.3 is 14.4 Å². The Morgan fingerprint density at radius 3 is 2.94 bits per heavy atom. The van der Waals surface area contributed by atoms with Crippen LogP contribution in [0.3, 0.4) is 0 Å². The fourth-order valence-corrected chi connectivity index (χ4v) is 2.44. The number of fused-ring (bicyclic) bond motifs is 1. The van der Waals surface area contributed by atoms with Gasteiger partial charge in [0, 0.05) is 6.04 Å². The molecule has 4 nitrogen and oxygen atoms in total. The molecule has 3 atom stereocenters. The minimum Gasteiger partial charge on any atom is -0.445 e. The number of rotatable bonds is 2. The van der Waals surface area contributed by atoms with Gasteiger partial charge in [-0.05, 0) is 18.9 Å². The zero-order valence-corrected chi connectivity index (χ0v) is 10.4. The van der Waals surface area contributed by atoms with E-state index in [1.807, 2.05) is 37.3 Å². The molecule has 0 radical (unpaired) electrons. The number of piperidine rings is 1. The van der Waals surface area contributed by atoms with Gasteiger partial charge >= 0.3 is 6.09 Å². The molecule has 0 spiro atoms. The van der Waals surface area contributed by atoms with Crippen molar-refractivity contribution < 1.29 is 14.3 Å². The molecule has 2 fully saturated rings. The molecule has 0 N–H and O–H groups in total. The second-order valence-electron chi connectivity index (χ2n) is 4.99. The molecule has 0 aromatic heterocycles. The van der Waals surface area contributed by atoms with Crippen LogP contribution in [0.4, 0.5) is 4.79 Å². The lowest BCUT2D eigenvalue weighted by Gasteiger charge is -2.30. The minimum atomic E-state index is -0.236. The summed E-state index contributed by atoms with van der Waals surface area (Å²) in [5.41, 5.74) is 1.01. The first-order valence-corrected chi connectivity index (χ1v) is 6.37. The van der Waals surface area contributed by atoms with Gasteiger partial charge in [0.25, 0.3) is 0 Å². The second kappa shape index (κ2) is 4.61. The number of epoxide rings is 1. The standard InChI is InChI=1S/C14H17NO3/c1-10-7-12-13(18-12)8-15(10)14(16)17-9-11-5-3-2-4-6-11/h2-6,10,12-13H,7-9H2,1H3. The molecule has 1 amide bonds. The number of hydrogen-bond donors (Lipinski definition) is 0. The third-order valence-corrected chi connectivity index (χ3v) is 3.61. The summed E-state index contributed by atoms with van der Waals surface area (Å²) < 4.78 is 10.8. The topological polar surface area (TPSA) is 42.1 Å². The number of likely N-dealkylation sites (tertiary alicyclic amines) is 1. The molecule has 2 heterocycles. The van der Waals surface area contributed by atoms with E-state index < -0.39 is 0 Å². The minimum absolute atomic E-state index is 0.206. The zero-order chi connectivity index (χ0) is 12.5. The van der Waals surface area contributed by atoms with Crippen LogP contribution in [-0.2, 0) is 16.1 Å². The van der Waals surface area contributed by atoms with Crippen molar-refractivity contribution in [1.29, 1.82) is 0 Å². The van der Waals surface area contributed by atoms with E-state index in [0.717, 1.165) is 12.0 Å². The highest BCUT2D eigenvalue weighted by Gasteiger charge is 2.47. The van der Waals surface area contributed by atoms with E-state index >= 15 is 0 Å². The maximum absolute atomic E-state index is 12.0. The average Bonchev–Trinajstić information content (AvgIpc) is 3.14. The van der Waals surface area contributed by atoms with Crippen LogP contribution in [0.5, 0.6) is 0 Å². The summed E-state index contributed by atoms with van der Waals surface area (Å²) in [5.74, 6) is 0. The highest BCUT2D eigenvalue weighted by molar-refractivity contribution is 5.68. The van der Waals surface area contributed by atoms with Crippen LogP contribution in [0.1, 0.15) is 18.9 Å². The molecular formula is C14H17NO3. The molecule has 2 aliphatic heterocycles. The molecule has 18 heavy (non-hydrogen) atoms. The molecule has 3 rings (SSSR count). The monoisotopic (exact) mass is 247 g/mol. The van der Waals surface area contributed by atoms with Crippen LogP contribution < -0.4 is 0 Å². The SMILES string of the molecule is CC1CC2OC2CN1C(=O)OCc1ccccc1. The van der Waals surface area contributed by atoms with Gasteiger partial charge in [0.2, 0.25) is 0 Å². The van der Waals surface area contributed by atoms with Crippen LogP contribution in [0.25, 0.3) is 0 Å². The van der Waals surface area contributed by atoms with Gasteiger partial charge in [0.1, 0.15) is 12.7 Å². The summed E-state index contributed by atoms with van der Waals surface area (Å²) in [4.78, 5) is 13.8. The van der Waals surface area contributed by atoms with E-state index in [2.05, 4.69) is 0 Å². The Hall–Kier alpha value is -1.55. The zero-order valence-electron chi connectivity index (χ0n) is 10.4. The molecule has 96 valence electrons. The first kappa shape index (κ1) is 11.5. The van der Waals surface area contributed by atoms with Crippen LogP contribution in [-0.4, -0.2) is 35.8 Å². The second-order valence-corrected chi connectivity index (χ2v) is 4.99. The summed E-state index contributed by atoms with van der Waals surface area (Å²) in [5, 5.41) is 0. The Morgan fingerprint density at radius 2 is 2.17 bits per heavy atom. The molecule has 2 aliphatic rings. The molecular weight excluding hydrogens is 230 g/mol. The van der Waals surface area contributed by atoms with Crippen LogP contribution in [0.15, 0.2) is 30.3 Å². The van der Waals surface area contributed by atoms with Crippen molar-refractivity contribution in [3.05, 3.63) is 35.9 Å². The van der Waals surface area contributed by atoms with E-state index in [1.165, 1.54) is 0 Å². The molecule has 0 saturated carbocycles. The van der Waals surface area contributed by atoms with Gasteiger partial charge in [-0.2, -0.15) is 0 Å². The first-order chi connectivity index (χ1) is 8.74. The van der Waals surface area contributed by atoms with E-state index in [0.29, 0.717) is 19.3 Å². The Balaban J connectivity index is 1.54. The van der Waals surface area contributed by atoms with E-state index in [-0.39, 0.29) is 18.2 Å². The summed E-state index contributed by atoms with van der Waals surface area (Å²) in [6, 6.07) is 9.93. The fraction of sp³-hybridized carbons (Fsp3) is 0.500. The fourth-order valence-electron chi connectivity index (χ4n) is 2.44. The van der Waals surface area contributed by atoms with Gasteiger partial charge in [0.05, 0.1) is 12.6 Å². The highest BCUT2D eigenvalue weighted by Crippen LogP contribution is 2.34. The van der Waals surface area contributed by atoms with Crippen molar-refractivity contribution in [1.82, 2.24) is 4.90 Å². The predicted molar refractivity (Wildman–Crippen MR) is 66.1 cm³/mol. The average molecular weight is 247 g/mol. The smallest absolute Gasteiger partial charge is 0.410 e. The number of carbonyl (C=O) groups excluding carboxylic acids is 1. The van der Waals surface area contributed by atoms with Gasteiger partial charge in [-0.3, -0.25) is 0 Å². The van der Waals surface area contributed by atoms with Gasteiger partial charge in [0.15, 0.2) is 0 Å². The molecule has 0 bridgehead atoms. The molecule has 4 heteroatoms. The van der Waals surface area contributed by atoms with Gasteiger partial charge in [-0.25, -0.2) is 4.79 Å². The Kier molecular flexibility index (Phi) is 2.96. The Labute approximate surface area is 106 Å². The van der Waals surface area contributed by atoms with Crippen molar-refractivity contribution in [3.8, 4) is 0 Å². The molecule has 3 unspecified atom stereocenters. The predicted octanol–water partition coefficient (Wildman–Crippen LogP) is 2.18. The van der Waals surface area contributed by atoms with Crippen molar-refractivity contribution in [2.45, 2.75) is 38.2 Å². The third-order valence-electron chi connectivity index (χ3n) is 3.61. The van der Waals surface area contributed by atoms with E-state index in [9.17, 15) is 4.79 Å². The largest absolute Gasteiger partial charge is 0.445 e. The van der Waals surface area contributed by atoms with E-state index in [4.69, 9.17) is 9.47 Å². The van der Waals surface area contributed by atoms with Crippen LogP contribution >= 0.6 is 0 Å². The van der Waals surface area contributed by atoms with Crippen molar-refractivity contribution in [2.24, 2.45) is 0 Å². The lowest BCUT2D eigenvalue weighted by Crippen LogP contribution is -2.45. The normalized spacial score (nSPS) is 29.6.